The molecule has 1 aliphatic rings. The summed E-state index contributed by atoms with van der Waals surface area (Å²) >= 11 is 0. The number of carbonyl (C=O) groups excluding carboxylic acids is 1. The monoisotopic (exact) mass is 290 g/mol. The number of nitrogens with zero attached hydrogens (tertiary/aromatic N) is 4. The second kappa shape index (κ2) is 7.38. The first-order chi connectivity index (χ1) is 10.1. The van der Waals surface area contributed by atoms with Crippen molar-refractivity contribution in [3.05, 3.63) is 18.3 Å². The lowest BCUT2D eigenvalue weighted by molar-refractivity contribution is -0.131. The van der Waals surface area contributed by atoms with Crippen molar-refractivity contribution in [3.63, 3.8) is 0 Å². The van der Waals surface area contributed by atoms with Gasteiger partial charge in [0, 0.05) is 38.8 Å². The van der Waals surface area contributed by atoms with Gasteiger partial charge in [0.1, 0.15) is 0 Å². The van der Waals surface area contributed by atoms with Crippen LogP contribution in [-0.4, -0.2) is 47.2 Å². The number of anilines is 1. The van der Waals surface area contributed by atoms with Gasteiger partial charge < -0.3 is 9.80 Å². The SMILES string of the molecule is CC[C@H](C)CC(=O)N(C)C[C@H]1CCCN1c1cccnn1. The van der Waals surface area contributed by atoms with E-state index in [1.54, 1.807) is 6.20 Å². The Morgan fingerprint density at radius 3 is 3.05 bits per heavy atom. The van der Waals surface area contributed by atoms with E-state index in [2.05, 4.69) is 28.9 Å². The molecule has 1 aliphatic heterocycles. The highest BCUT2D eigenvalue weighted by Crippen LogP contribution is 2.23. The Kier molecular flexibility index (Phi) is 5.53. The lowest BCUT2D eigenvalue weighted by atomic mass is 10.0. The summed E-state index contributed by atoms with van der Waals surface area (Å²) in [6.07, 6.45) is 5.64. The third-order valence-corrected chi connectivity index (χ3v) is 4.36. The van der Waals surface area contributed by atoms with Gasteiger partial charge in [-0.1, -0.05) is 20.3 Å². The summed E-state index contributed by atoms with van der Waals surface area (Å²) in [5.74, 6) is 1.62. The number of carbonyl (C=O) groups is 1. The molecule has 0 aliphatic carbocycles. The van der Waals surface area contributed by atoms with Gasteiger partial charge in [0.05, 0.1) is 0 Å². The van der Waals surface area contributed by atoms with Crippen molar-refractivity contribution in [2.24, 2.45) is 5.92 Å². The fourth-order valence-electron chi connectivity index (χ4n) is 2.79. The molecule has 1 aromatic rings. The fraction of sp³-hybridized carbons (Fsp3) is 0.688. The second-order valence-electron chi connectivity index (χ2n) is 6.06. The van der Waals surface area contributed by atoms with Crippen molar-refractivity contribution in [2.75, 3.05) is 25.0 Å². The summed E-state index contributed by atoms with van der Waals surface area (Å²) in [5, 5.41) is 8.15. The second-order valence-corrected chi connectivity index (χ2v) is 6.06. The summed E-state index contributed by atoms with van der Waals surface area (Å²) in [4.78, 5) is 16.4. The molecule has 1 fully saturated rings. The van der Waals surface area contributed by atoms with E-state index in [-0.39, 0.29) is 5.91 Å². The molecule has 0 N–H and O–H groups in total. The van der Waals surface area contributed by atoms with Crippen LogP contribution in [0.2, 0.25) is 0 Å². The summed E-state index contributed by atoms with van der Waals surface area (Å²) in [6.45, 7) is 6.03. The van der Waals surface area contributed by atoms with Crippen LogP contribution in [0.5, 0.6) is 0 Å². The van der Waals surface area contributed by atoms with E-state index < -0.39 is 0 Å². The van der Waals surface area contributed by atoms with Gasteiger partial charge in [0.25, 0.3) is 0 Å². The van der Waals surface area contributed by atoms with E-state index in [4.69, 9.17) is 0 Å². The summed E-state index contributed by atoms with van der Waals surface area (Å²) in [6, 6.07) is 4.26. The van der Waals surface area contributed by atoms with E-state index in [0.29, 0.717) is 18.4 Å². The zero-order valence-electron chi connectivity index (χ0n) is 13.3. The summed E-state index contributed by atoms with van der Waals surface area (Å²) in [5.41, 5.74) is 0. The molecule has 2 heterocycles. The minimum atomic E-state index is 0.246. The number of aromatic nitrogens is 2. The first-order valence-electron chi connectivity index (χ1n) is 7.90. The largest absolute Gasteiger partial charge is 0.350 e. The lowest BCUT2D eigenvalue weighted by Crippen LogP contribution is -2.42. The quantitative estimate of drug-likeness (QED) is 0.807. The number of likely N-dealkylation sites (N-methyl/N-ethyl adjacent to an activating group) is 1. The summed E-state index contributed by atoms with van der Waals surface area (Å²) < 4.78 is 0. The van der Waals surface area contributed by atoms with Crippen LogP contribution in [-0.2, 0) is 4.79 Å². The predicted molar refractivity (Wildman–Crippen MR) is 84.1 cm³/mol. The molecule has 0 bridgehead atoms. The van der Waals surface area contributed by atoms with E-state index in [0.717, 1.165) is 38.2 Å². The molecule has 2 rings (SSSR count). The Hall–Kier alpha value is -1.65. The van der Waals surface area contributed by atoms with Crippen molar-refractivity contribution in [3.8, 4) is 0 Å². The number of hydrogen-bond donors (Lipinski definition) is 0. The highest BCUT2D eigenvalue weighted by atomic mass is 16.2. The molecule has 0 saturated carbocycles. The van der Waals surface area contributed by atoms with E-state index >= 15 is 0 Å². The lowest BCUT2D eigenvalue weighted by Gasteiger charge is -2.29. The Morgan fingerprint density at radius 2 is 2.38 bits per heavy atom. The van der Waals surface area contributed by atoms with Gasteiger partial charge in [-0.25, -0.2) is 0 Å². The average Bonchev–Trinajstić information content (AvgIpc) is 2.96. The van der Waals surface area contributed by atoms with Crippen LogP contribution in [0.3, 0.4) is 0 Å². The predicted octanol–water partition coefficient (Wildman–Crippen LogP) is 2.34. The van der Waals surface area contributed by atoms with E-state index in [1.807, 2.05) is 24.1 Å². The normalized spacial score (nSPS) is 19.6. The molecule has 116 valence electrons. The van der Waals surface area contributed by atoms with Crippen molar-refractivity contribution in [1.29, 1.82) is 0 Å². The molecular formula is C16H26N4O. The van der Waals surface area contributed by atoms with Crippen molar-refractivity contribution in [1.82, 2.24) is 15.1 Å². The topological polar surface area (TPSA) is 49.3 Å². The summed E-state index contributed by atoms with van der Waals surface area (Å²) in [7, 11) is 1.91. The molecular weight excluding hydrogens is 264 g/mol. The molecule has 0 aromatic carbocycles. The molecule has 2 atom stereocenters. The van der Waals surface area contributed by atoms with Gasteiger partial charge >= 0.3 is 0 Å². The highest BCUT2D eigenvalue weighted by molar-refractivity contribution is 5.76. The third kappa shape index (κ3) is 4.16. The first kappa shape index (κ1) is 15.7. The minimum absolute atomic E-state index is 0.246. The van der Waals surface area contributed by atoms with Crippen LogP contribution < -0.4 is 4.90 Å². The van der Waals surface area contributed by atoms with Crippen LogP contribution in [0.25, 0.3) is 0 Å². The molecule has 1 amide bonds. The molecule has 5 heteroatoms. The smallest absolute Gasteiger partial charge is 0.222 e. The number of hydrogen-bond acceptors (Lipinski definition) is 4. The zero-order chi connectivity index (χ0) is 15.2. The molecule has 1 aromatic heterocycles. The average molecular weight is 290 g/mol. The molecule has 0 unspecified atom stereocenters. The van der Waals surface area contributed by atoms with Crippen molar-refractivity contribution >= 4 is 11.7 Å². The Balaban J connectivity index is 1.93. The Labute approximate surface area is 127 Å². The maximum Gasteiger partial charge on any atom is 0.222 e. The van der Waals surface area contributed by atoms with Crippen LogP contribution in [0.1, 0.15) is 39.5 Å². The number of rotatable bonds is 6. The standard InChI is InChI=1S/C16H26N4O/c1-4-13(2)11-16(21)19(3)12-14-7-6-10-20(14)15-8-5-9-17-18-15/h5,8-9,13-14H,4,6-7,10-12H2,1-3H3/t13-,14+/m0/s1. The maximum absolute atomic E-state index is 12.2. The third-order valence-electron chi connectivity index (χ3n) is 4.36. The van der Waals surface area contributed by atoms with E-state index in [1.165, 1.54) is 0 Å². The van der Waals surface area contributed by atoms with Gasteiger partial charge in [-0.3, -0.25) is 4.79 Å². The maximum atomic E-state index is 12.2. The van der Waals surface area contributed by atoms with E-state index in [9.17, 15) is 4.79 Å². The van der Waals surface area contributed by atoms with Gasteiger partial charge in [0.15, 0.2) is 5.82 Å². The Morgan fingerprint density at radius 1 is 1.57 bits per heavy atom. The van der Waals surface area contributed by atoms with Gasteiger partial charge in [-0.2, -0.15) is 5.10 Å². The molecule has 0 radical (unpaired) electrons. The molecule has 5 nitrogen and oxygen atoms in total. The van der Waals surface area contributed by atoms with Crippen molar-refractivity contribution < 1.29 is 4.79 Å². The van der Waals surface area contributed by atoms with Crippen LogP contribution in [0.4, 0.5) is 5.82 Å². The fourth-order valence-corrected chi connectivity index (χ4v) is 2.79. The molecule has 21 heavy (non-hydrogen) atoms. The first-order valence-corrected chi connectivity index (χ1v) is 7.90. The van der Waals surface area contributed by atoms with Crippen LogP contribution in [0.15, 0.2) is 18.3 Å². The highest BCUT2D eigenvalue weighted by Gasteiger charge is 2.28. The van der Waals surface area contributed by atoms with Gasteiger partial charge in [-0.05, 0) is 30.9 Å². The number of amides is 1. The van der Waals surface area contributed by atoms with Gasteiger partial charge in [0.2, 0.25) is 5.91 Å². The van der Waals surface area contributed by atoms with Crippen LogP contribution >= 0.6 is 0 Å². The van der Waals surface area contributed by atoms with Gasteiger partial charge in [-0.15, -0.1) is 5.10 Å². The molecule has 1 saturated heterocycles. The van der Waals surface area contributed by atoms with Crippen LogP contribution in [0, 0.1) is 5.92 Å². The minimum Gasteiger partial charge on any atom is -0.350 e. The zero-order valence-corrected chi connectivity index (χ0v) is 13.3. The molecule has 0 spiro atoms. The Bertz CT molecular complexity index is 451. The van der Waals surface area contributed by atoms with Crippen molar-refractivity contribution in [2.45, 2.75) is 45.6 Å².